The summed E-state index contributed by atoms with van der Waals surface area (Å²) in [7, 11) is 0. The van der Waals surface area contributed by atoms with Crippen molar-refractivity contribution < 1.29 is 0 Å². The number of likely N-dealkylation sites (tertiary alicyclic amines) is 1. The first kappa shape index (κ1) is 17.5. The van der Waals surface area contributed by atoms with Crippen LogP contribution in [0.5, 0.6) is 0 Å². The van der Waals surface area contributed by atoms with E-state index in [-0.39, 0.29) is 6.04 Å². The third-order valence-electron chi connectivity index (χ3n) is 4.95. The molecule has 0 bridgehead atoms. The van der Waals surface area contributed by atoms with E-state index >= 15 is 0 Å². The summed E-state index contributed by atoms with van der Waals surface area (Å²) >= 11 is 6.12. The van der Waals surface area contributed by atoms with Crippen molar-refractivity contribution >= 4 is 11.6 Å². The zero-order chi connectivity index (χ0) is 17.1. The summed E-state index contributed by atoms with van der Waals surface area (Å²) in [6, 6.07) is 15.2. The Balaban J connectivity index is 1.66. The molecule has 2 unspecified atom stereocenters. The predicted molar refractivity (Wildman–Crippen MR) is 102 cm³/mol. The number of aryl methyl sites for hydroxylation is 2. The standard InChI is InChI=1S/C21H27ClN2/c1-15-6-7-19(16(2)8-15)13-24-12-18(11-21(23)14-24)9-17-4-3-5-20(22)10-17/h3-8,10,18,21H,9,11-14,23H2,1-2H3. The number of nitrogens with two attached hydrogens (primary N) is 1. The molecule has 1 fully saturated rings. The zero-order valence-electron chi connectivity index (χ0n) is 14.6. The third kappa shape index (κ3) is 4.60. The number of piperidine rings is 1. The van der Waals surface area contributed by atoms with Crippen molar-refractivity contribution in [3.8, 4) is 0 Å². The van der Waals surface area contributed by atoms with Gasteiger partial charge in [-0.2, -0.15) is 0 Å². The quantitative estimate of drug-likeness (QED) is 0.895. The van der Waals surface area contributed by atoms with Gasteiger partial charge in [0.2, 0.25) is 0 Å². The Labute approximate surface area is 150 Å². The summed E-state index contributed by atoms with van der Waals surface area (Å²) in [5, 5.41) is 0.819. The average Bonchev–Trinajstić information content (AvgIpc) is 2.49. The van der Waals surface area contributed by atoms with Gasteiger partial charge in [0.05, 0.1) is 0 Å². The number of hydrogen-bond acceptors (Lipinski definition) is 2. The Morgan fingerprint density at radius 3 is 2.71 bits per heavy atom. The van der Waals surface area contributed by atoms with Crippen LogP contribution in [0.25, 0.3) is 0 Å². The van der Waals surface area contributed by atoms with Crippen molar-refractivity contribution in [2.75, 3.05) is 13.1 Å². The maximum atomic E-state index is 6.35. The first-order valence-electron chi connectivity index (χ1n) is 8.78. The van der Waals surface area contributed by atoms with E-state index < -0.39 is 0 Å². The van der Waals surface area contributed by atoms with Crippen LogP contribution in [0.1, 0.15) is 28.7 Å². The summed E-state index contributed by atoms with van der Waals surface area (Å²) in [6.07, 6.45) is 2.15. The molecule has 0 spiro atoms. The molecule has 2 nitrogen and oxygen atoms in total. The van der Waals surface area contributed by atoms with Crippen LogP contribution in [-0.2, 0) is 13.0 Å². The largest absolute Gasteiger partial charge is 0.327 e. The highest BCUT2D eigenvalue weighted by molar-refractivity contribution is 6.30. The highest BCUT2D eigenvalue weighted by atomic mass is 35.5. The minimum absolute atomic E-state index is 0.258. The fourth-order valence-electron chi connectivity index (χ4n) is 3.89. The van der Waals surface area contributed by atoms with Crippen molar-refractivity contribution in [3.05, 3.63) is 69.7 Å². The molecule has 1 aliphatic heterocycles. The monoisotopic (exact) mass is 342 g/mol. The minimum Gasteiger partial charge on any atom is -0.327 e. The number of hydrogen-bond donors (Lipinski definition) is 1. The maximum absolute atomic E-state index is 6.35. The highest BCUT2D eigenvalue weighted by Gasteiger charge is 2.25. The van der Waals surface area contributed by atoms with Gasteiger partial charge >= 0.3 is 0 Å². The summed E-state index contributed by atoms with van der Waals surface area (Å²) in [4.78, 5) is 2.51. The van der Waals surface area contributed by atoms with Crippen molar-refractivity contribution in [1.82, 2.24) is 4.90 Å². The smallest absolute Gasteiger partial charge is 0.0408 e. The molecule has 2 atom stereocenters. The van der Waals surface area contributed by atoms with Crippen molar-refractivity contribution in [2.45, 2.75) is 39.3 Å². The Morgan fingerprint density at radius 2 is 1.96 bits per heavy atom. The summed E-state index contributed by atoms with van der Waals surface area (Å²) in [5.41, 5.74) is 11.8. The molecule has 0 saturated carbocycles. The first-order chi connectivity index (χ1) is 11.5. The lowest BCUT2D eigenvalue weighted by atomic mass is 9.88. The van der Waals surface area contributed by atoms with E-state index in [0.29, 0.717) is 5.92 Å². The molecule has 24 heavy (non-hydrogen) atoms. The van der Waals surface area contributed by atoms with E-state index in [0.717, 1.165) is 37.5 Å². The molecular weight excluding hydrogens is 316 g/mol. The van der Waals surface area contributed by atoms with Crippen LogP contribution in [0.4, 0.5) is 0 Å². The van der Waals surface area contributed by atoms with Gasteiger partial charge in [0.25, 0.3) is 0 Å². The number of nitrogens with zero attached hydrogens (tertiary/aromatic N) is 1. The second-order valence-electron chi connectivity index (χ2n) is 7.32. The molecular formula is C21H27ClN2. The molecule has 3 rings (SSSR count). The van der Waals surface area contributed by atoms with Crippen LogP contribution >= 0.6 is 11.6 Å². The van der Waals surface area contributed by atoms with E-state index in [1.54, 1.807) is 0 Å². The average molecular weight is 343 g/mol. The number of halogens is 1. The number of benzene rings is 2. The van der Waals surface area contributed by atoms with Gasteiger partial charge < -0.3 is 5.73 Å². The topological polar surface area (TPSA) is 29.3 Å². The van der Waals surface area contributed by atoms with Crippen LogP contribution in [0.2, 0.25) is 5.02 Å². The molecule has 0 aromatic heterocycles. The Bertz CT molecular complexity index is 698. The van der Waals surface area contributed by atoms with Crippen LogP contribution in [0.3, 0.4) is 0 Å². The molecule has 0 amide bonds. The molecule has 1 aliphatic rings. The predicted octanol–water partition coefficient (Wildman–Crippen LogP) is 4.35. The molecule has 1 heterocycles. The second kappa shape index (κ2) is 7.69. The Hall–Kier alpha value is -1.35. The summed E-state index contributed by atoms with van der Waals surface area (Å²) < 4.78 is 0. The fourth-order valence-corrected chi connectivity index (χ4v) is 4.10. The van der Waals surface area contributed by atoms with Crippen LogP contribution < -0.4 is 5.73 Å². The van der Waals surface area contributed by atoms with Gasteiger partial charge in [0.15, 0.2) is 0 Å². The SMILES string of the molecule is Cc1ccc(CN2CC(N)CC(Cc3cccc(Cl)c3)C2)c(C)c1. The van der Waals surface area contributed by atoms with Gasteiger partial charge in [-0.1, -0.05) is 47.5 Å². The molecule has 0 radical (unpaired) electrons. The van der Waals surface area contributed by atoms with Crippen molar-refractivity contribution in [3.63, 3.8) is 0 Å². The third-order valence-corrected chi connectivity index (χ3v) is 5.19. The minimum atomic E-state index is 0.258. The Morgan fingerprint density at radius 1 is 1.12 bits per heavy atom. The summed E-state index contributed by atoms with van der Waals surface area (Å²) in [6.45, 7) is 7.43. The molecule has 1 saturated heterocycles. The molecule has 2 aromatic carbocycles. The lowest BCUT2D eigenvalue weighted by molar-refractivity contribution is 0.149. The fraction of sp³-hybridized carbons (Fsp3) is 0.429. The lowest BCUT2D eigenvalue weighted by Gasteiger charge is -2.36. The van der Waals surface area contributed by atoms with E-state index in [1.165, 1.54) is 22.3 Å². The van der Waals surface area contributed by atoms with E-state index in [2.05, 4.69) is 49.1 Å². The maximum Gasteiger partial charge on any atom is 0.0408 e. The van der Waals surface area contributed by atoms with E-state index in [9.17, 15) is 0 Å². The van der Waals surface area contributed by atoms with E-state index in [1.807, 2.05) is 12.1 Å². The van der Waals surface area contributed by atoms with Gasteiger partial charge in [0, 0.05) is 30.7 Å². The van der Waals surface area contributed by atoms with Crippen LogP contribution in [0.15, 0.2) is 42.5 Å². The van der Waals surface area contributed by atoms with Gasteiger partial charge in [-0.3, -0.25) is 4.90 Å². The first-order valence-corrected chi connectivity index (χ1v) is 9.16. The number of rotatable bonds is 4. The summed E-state index contributed by atoms with van der Waals surface area (Å²) in [5.74, 6) is 0.595. The van der Waals surface area contributed by atoms with Crippen molar-refractivity contribution in [1.29, 1.82) is 0 Å². The van der Waals surface area contributed by atoms with Gasteiger partial charge in [-0.05, 0) is 61.4 Å². The van der Waals surface area contributed by atoms with Crippen LogP contribution in [-0.4, -0.2) is 24.0 Å². The van der Waals surface area contributed by atoms with Crippen LogP contribution in [0, 0.1) is 19.8 Å². The van der Waals surface area contributed by atoms with Crippen molar-refractivity contribution in [2.24, 2.45) is 11.7 Å². The normalized spacial score (nSPS) is 21.8. The second-order valence-corrected chi connectivity index (χ2v) is 7.76. The highest BCUT2D eigenvalue weighted by Crippen LogP contribution is 2.24. The van der Waals surface area contributed by atoms with E-state index in [4.69, 9.17) is 17.3 Å². The molecule has 3 heteroatoms. The zero-order valence-corrected chi connectivity index (χ0v) is 15.4. The molecule has 2 N–H and O–H groups in total. The molecule has 0 aliphatic carbocycles. The lowest BCUT2D eigenvalue weighted by Crippen LogP contribution is -2.47. The Kier molecular flexibility index (Phi) is 5.60. The molecule has 128 valence electrons. The molecule has 2 aromatic rings. The van der Waals surface area contributed by atoms with Gasteiger partial charge in [-0.15, -0.1) is 0 Å². The van der Waals surface area contributed by atoms with Gasteiger partial charge in [-0.25, -0.2) is 0 Å². The van der Waals surface area contributed by atoms with Gasteiger partial charge in [0.1, 0.15) is 0 Å².